The number of carbonyl (C=O) groups is 1. The molecule has 3 rings (SSSR count). The number of hydrogen-bond acceptors (Lipinski definition) is 3. The summed E-state index contributed by atoms with van der Waals surface area (Å²) >= 11 is 0. The molecule has 1 amide bonds. The molecule has 0 radical (unpaired) electrons. The molecule has 3 aliphatic heterocycles. The lowest BCUT2D eigenvalue weighted by molar-refractivity contribution is -0.0739. The number of carbonyl (C=O) groups excluding carboxylic acids is 1. The monoisotopic (exact) mass is 238 g/mol. The molecule has 3 fully saturated rings. The Morgan fingerprint density at radius 1 is 1.41 bits per heavy atom. The molecule has 17 heavy (non-hydrogen) atoms. The van der Waals surface area contributed by atoms with Gasteiger partial charge in [-0.2, -0.15) is 0 Å². The summed E-state index contributed by atoms with van der Waals surface area (Å²) in [7, 11) is 0. The largest absolute Gasteiger partial charge is 0.444 e. The Bertz CT molecular complexity index is 310. The SMILES string of the molecule is C=CCN1CC2CC(C1)N2C(=O)OC(C)(C)C. The van der Waals surface area contributed by atoms with Gasteiger partial charge in [-0.1, -0.05) is 6.08 Å². The first-order valence-corrected chi connectivity index (χ1v) is 6.25. The number of ether oxygens (including phenoxy) is 1. The predicted octanol–water partition coefficient (Wildman–Crippen LogP) is 1.87. The van der Waals surface area contributed by atoms with Gasteiger partial charge < -0.3 is 4.74 Å². The zero-order valence-corrected chi connectivity index (χ0v) is 11.0. The maximum atomic E-state index is 12.0. The van der Waals surface area contributed by atoms with Gasteiger partial charge in [0.15, 0.2) is 0 Å². The second-order valence-corrected chi connectivity index (χ2v) is 5.94. The molecule has 0 spiro atoms. The highest BCUT2D eigenvalue weighted by Crippen LogP contribution is 2.33. The molecule has 3 heterocycles. The van der Waals surface area contributed by atoms with Crippen LogP contribution in [-0.2, 0) is 4.74 Å². The smallest absolute Gasteiger partial charge is 0.410 e. The van der Waals surface area contributed by atoms with Crippen molar-refractivity contribution >= 4 is 6.09 Å². The highest BCUT2D eigenvalue weighted by atomic mass is 16.6. The summed E-state index contributed by atoms with van der Waals surface area (Å²) in [5.41, 5.74) is -0.401. The number of hydrogen-bond donors (Lipinski definition) is 0. The first kappa shape index (κ1) is 12.4. The van der Waals surface area contributed by atoms with Crippen molar-refractivity contribution in [3.8, 4) is 0 Å². The number of nitrogens with zero attached hydrogens (tertiary/aromatic N) is 2. The molecule has 4 heteroatoms. The minimum Gasteiger partial charge on any atom is -0.444 e. The third-order valence-corrected chi connectivity index (χ3v) is 3.26. The lowest BCUT2D eigenvalue weighted by Crippen LogP contribution is -2.70. The van der Waals surface area contributed by atoms with Crippen LogP contribution >= 0.6 is 0 Å². The van der Waals surface area contributed by atoms with E-state index in [2.05, 4.69) is 11.5 Å². The molecule has 0 saturated carbocycles. The number of piperazine rings is 1. The van der Waals surface area contributed by atoms with Crippen LogP contribution in [0.1, 0.15) is 27.2 Å². The van der Waals surface area contributed by atoms with Gasteiger partial charge in [0.2, 0.25) is 0 Å². The lowest BCUT2D eigenvalue weighted by atomic mass is 9.88. The number of rotatable bonds is 2. The van der Waals surface area contributed by atoms with Gasteiger partial charge in [0.25, 0.3) is 0 Å². The summed E-state index contributed by atoms with van der Waals surface area (Å²) in [6, 6.07) is 0.673. The molecule has 0 aromatic heterocycles. The molecule has 2 atom stereocenters. The van der Waals surface area contributed by atoms with E-state index in [1.165, 1.54) is 0 Å². The van der Waals surface area contributed by atoms with Gasteiger partial charge >= 0.3 is 6.09 Å². The lowest BCUT2D eigenvalue weighted by Gasteiger charge is -2.55. The maximum absolute atomic E-state index is 12.0. The number of piperidine rings is 1. The highest BCUT2D eigenvalue weighted by Gasteiger charge is 2.48. The van der Waals surface area contributed by atoms with E-state index in [9.17, 15) is 4.79 Å². The van der Waals surface area contributed by atoms with Crippen molar-refractivity contribution < 1.29 is 9.53 Å². The number of amides is 1. The summed E-state index contributed by atoms with van der Waals surface area (Å²) in [5, 5.41) is 0. The molecular weight excluding hydrogens is 216 g/mol. The Balaban J connectivity index is 1.90. The van der Waals surface area contributed by atoms with Gasteiger partial charge in [0.1, 0.15) is 5.60 Å². The van der Waals surface area contributed by atoms with Crippen LogP contribution in [0.2, 0.25) is 0 Å². The molecule has 3 aliphatic rings. The summed E-state index contributed by atoms with van der Waals surface area (Å²) in [4.78, 5) is 16.2. The molecule has 4 nitrogen and oxygen atoms in total. The van der Waals surface area contributed by atoms with E-state index in [1.807, 2.05) is 31.7 Å². The highest BCUT2D eigenvalue weighted by molar-refractivity contribution is 5.70. The van der Waals surface area contributed by atoms with Crippen molar-refractivity contribution in [2.45, 2.75) is 44.9 Å². The van der Waals surface area contributed by atoms with E-state index >= 15 is 0 Å². The van der Waals surface area contributed by atoms with E-state index < -0.39 is 5.60 Å². The van der Waals surface area contributed by atoms with Crippen LogP contribution in [0.3, 0.4) is 0 Å². The van der Waals surface area contributed by atoms with Crippen LogP contribution in [0.15, 0.2) is 12.7 Å². The van der Waals surface area contributed by atoms with Crippen LogP contribution in [0.5, 0.6) is 0 Å². The van der Waals surface area contributed by atoms with Gasteiger partial charge in [0.05, 0.1) is 12.1 Å². The van der Waals surface area contributed by atoms with E-state index in [0.717, 1.165) is 26.1 Å². The molecule has 0 N–H and O–H groups in total. The van der Waals surface area contributed by atoms with Gasteiger partial charge in [-0.15, -0.1) is 6.58 Å². The average Bonchev–Trinajstić information content (AvgIpc) is 2.14. The normalized spacial score (nSPS) is 28.5. The van der Waals surface area contributed by atoms with Crippen LogP contribution in [0.4, 0.5) is 4.79 Å². The molecular formula is C13H22N2O2. The van der Waals surface area contributed by atoms with Gasteiger partial charge in [0, 0.05) is 19.6 Å². The topological polar surface area (TPSA) is 32.8 Å². The first-order chi connectivity index (χ1) is 7.90. The fraction of sp³-hybridized carbons (Fsp3) is 0.769. The van der Waals surface area contributed by atoms with Gasteiger partial charge in [-0.05, 0) is 27.2 Å². The maximum Gasteiger partial charge on any atom is 0.410 e. The fourth-order valence-electron chi connectivity index (χ4n) is 2.64. The van der Waals surface area contributed by atoms with Crippen molar-refractivity contribution in [1.82, 2.24) is 9.80 Å². The summed E-state index contributed by atoms with van der Waals surface area (Å²) in [6.07, 6.45) is 2.88. The van der Waals surface area contributed by atoms with Crippen LogP contribution in [-0.4, -0.2) is 53.2 Å². The van der Waals surface area contributed by atoms with Crippen molar-refractivity contribution in [3.05, 3.63) is 12.7 Å². The first-order valence-electron chi connectivity index (χ1n) is 6.25. The van der Waals surface area contributed by atoms with E-state index in [-0.39, 0.29) is 6.09 Å². The third kappa shape index (κ3) is 2.63. The van der Waals surface area contributed by atoms with Gasteiger partial charge in [-0.25, -0.2) is 4.79 Å². The van der Waals surface area contributed by atoms with Crippen molar-refractivity contribution in [1.29, 1.82) is 0 Å². The molecule has 96 valence electrons. The van der Waals surface area contributed by atoms with Crippen molar-refractivity contribution in [3.63, 3.8) is 0 Å². The second-order valence-electron chi connectivity index (χ2n) is 5.94. The Morgan fingerprint density at radius 2 is 2.00 bits per heavy atom. The molecule has 0 aromatic carbocycles. The quantitative estimate of drug-likeness (QED) is 0.688. The minimum absolute atomic E-state index is 0.156. The molecule has 2 bridgehead atoms. The van der Waals surface area contributed by atoms with Crippen molar-refractivity contribution in [2.24, 2.45) is 0 Å². The zero-order valence-electron chi connectivity index (χ0n) is 11.0. The molecule has 0 aliphatic carbocycles. The predicted molar refractivity (Wildman–Crippen MR) is 66.9 cm³/mol. The Hall–Kier alpha value is -1.03. The zero-order chi connectivity index (χ0) is 12.6. The van der Waals surface area contributed by atoms with E-state index in [4.69, 9.17) is 4.74 Å². The standard InChI is InChI=1S/C13H22N2O2/c1-5-6-14-8-10-7-11(9-14)15(10)12(16)17-13(2,3)4/h5,10-11H,1,6-9H2,2-4H3. The second kappa shape index (κ2) is 4.33. The Kier molecular flexibility index (Phi) is 3.17. The van der Waals surface area contributed by atoms with Crippen LogP contribution in [0.25, 0.3) is 0 Å². The fourth-order valence-corrected chi connectivity index (χ4v) is 2.64. The van der Waals surface area contributed by atoms with E-state index in [0.29, 0.717) is 12.1 Å². The number of fused-ring (bicyclic) bond motifs is 2. The summed E-state index contributed by atoms with van der Waals surface area (Å²) < 4.78 is 5.42. The average molecular weight is 238 g/mol. The molecule has 2 unspecified atom stereocenters. The molecule has 3 saturated heterocycles. The van der Waals surface area contributed by atoms with Gasteiger partial charge in [-0.3, -0.25) is 9.80 Å². The third-order valence-electron chi connectivity index (χ3n) is 3.26. The van der Waals surface area contributed by atoms with Crippen LogP contribution in [0, 0.1) is 0 Å². The Labute approximate surface area is 103 Å². The molecule has 0 aromatic rings. The van der Waals surface area contributed by atoms with Crippen molar-refractivity contribution in [2.75, 3.05) is 19.6 Å². The summed E-state index contributed by atoms with van der Waals surface area (Å²) in [5.74, 6) is 0. The summed E-state index contributed by atoms with van der Waals surface area (Å²) in [6.45, 7) is 12.3. The minimum atomic E-state index is -0.401. The van der Waals surface area contributed by atoms with E-state index in [1.54, 1.807) is 0 Å². The van der Waals surface area contributed by atoms with Crippen LogP contribution < -0.4 is 0 Å². The Morgan fingerprint density at radius 3 is 2.47 bits per heavy atom.